The van der Waals surface area contributed by atoms with Crippen LogP contribution in [0, 0.1) is 13.8 Å². The van der Waals surface area contributed by atoms with Gasteiger partial charge < -0.3 is 14.6 Å². The van der Waals surface area contributed by atoms with E-state index in [1.807, 2.05) is 19.9 Å². The standard InChI is InChI=1S/C20H26N2O2/c1-15-13-19(16(2)24-15)20(23)21-18-9-6-11-22(14-18)12-10-17-7-4-3-5-8-17/h3-5,7-8,13,18H,6,9-12,14H2,1-2H3,(H,21,23)/t18-/m1/s1. The predicted molar refractivity (Wildman–Crippen MR) is 95.3 cm³/mol. The Kier molecular flexibility index (Phi) is 5.36. The van der Waals surface area contributed by atoms with Crippen molar-refractivity contribution < 1.29 is 9.21 Å². The van der Waals surface area contributed by atoms with Gasteiger partial charge in [-0.15, -0.1) is 0 Å². The van der Waals surface area contributed by atoms with E-state index < -0.39 is 0 Å². The average Bonchev–Trinajstić information content (AvgIpc) is 2.93. The Morgan fingerprint density at radius 1 is 1.29 bits per heavy atom. The van der Waals surface area contributed by atoms with Gasteiger partial charge in [-0.05, 0) is 51.3 Å². The van der Waals surface area contributed by atoms with E-state index in [0.717, 1.165) is 44.7 Å². The Morgan fingerprint density at radius 3 is 2.79 bits per heavy atom. The molecule has 24 heavy (non-hydrogen) atoms. The Morgan fingerprint density at radius 2 is 2.08 bits per heavy atom. The summed E-state index contributed by atoms with van der Waals surface area (Å²) in [5.74, 6) is 1.46. The second-order valence-electron chi connectivity index (χ2n) is 6.68. The highest BCUT2D eigenvalue weighted by atomic mass is 16.3. The minimum absolute atomic E-state index is 0.0146. The van der Waals surface area contributed by atoms with Crippen molar-refractivity contribution in [3.63, 3.8) is 0 Å². The summed E-state index contributed by atoms with van der Waals surface area (Å²) < 4.78 is 5.46. The number of hydrogen-bond donors (Lipinski definition) is 1. The maximum absolute atomic E-state index is 12.4. The van der Waals surface area contributed by atoms with Crippen molar-refractivity contribution >= 4 is 5.91 Å². The van der Waals surface area contributed by atoms with Gasteiger partial charge in [0.2, 0.25) is 0 Å². The van der Waals surface area contributed by atoms with E-state index in [-0.39, 0.29) is 11.9 Å². The number of hydrogen-bond acceptors (Lipinski definition) is 3. The van der Waals surface area contributed by atoms with E-state index in [4.69, 9.17) is 4.42 Å². The van der Waals surface area contributed by atoms with Crippen LogP contribution in [0.4, 0.5) is 0 Å². The predicted octanol–water partition coefficient (Wildman–Crippen LogP) is 3.33. The Labute approximate surface area is 143 Å². The Balaban J connectivity index is 1.52. The fourth-order valence-corrected chi connectivity index (χ4v) is 3.43. The zero-order valence-electron chi connectivity index (χ0n) is 14.5. The Bertz CT molecular complexity index is 678. The summed E-state index contributed by atoms with van der Waals surface area (Å²) in [5, 5.41) is 3.18. The van der Waals surface area contributed by atoms with Crippen LogP contribution in [0.3, 0.4) is 0 Å². The molecule has 1 aromatic carbocycles. The first-order valence-corrected chi connectivity index (χ1v) is 8.76. The first-order valence-electron chi connectivity index (χ1n) is 8.76. The van der Waals surface area contributed by atoms with Gasteiger partial charge in [-0.2, -0.15) is 0 Å². The number of nitrogens with one attached hydrogen (secondary N) is 1. The van der Waals surface area contributed by atoms with E-state index in [1.165, 1.54) is 5.56 Å². The van der Waals surface area contributed by atoms with Crippen molar-refractivity contribution in [1.29, 1.82) is 0 Å². The molecule has 1 fully saturated rings. The van der Waals surface area contributed by atoms with Gasteiger partial charge in [-0.25, -0.2) is 0 Å². The molecule has 2 heterocycles. The van der Waals surface area contributed by atoms with Crippen LogP contribution in [0.2, 0.25) is 0 Å². The van der Waals surface area contributed by atoms with E-state index in [0.29, 0.717) is 11.3 Å². The van der Waals surface area contributed by atoms with Crippen LogP contribution in [0.15, 0.2) is 40.8 Å². The molecule has 0 aliphatic carbocycles. The number of benzene rings is 1. The summed E-state index contributed by atoms with van der Waals surface area (Å²) in [4.78, 5) is 14.9. The fourth-order valence-electron chi connectivity index (χ4n) is 3.43. The molecular weight excluding hydrogens is 300 g/mol. The number of likely N-dealkylation sites (tertiary alicyclic amines) is 1. The van der Waals surface area contributed by atoms with Gasteiger partial charge in [-0.3, -0.25) is 4.79 Å². The number of aryl methyl sites for hydroxylation is 2. The van der Waals surface area contributed by atoms with Crippen LogP contribution < -0.4 is 5.32 Å². The van der Waals surface area contributed by atoms with Crippen LogP contribution in [0.1, 0.15) is 40.3 Å². The zero-order chi connectivity index (χ0) is 16.9. The highest BCUT2D eigenvalue weighted by Gasteiger charge is 2.23. The van der Waals surface area contributed by atoms with Gasteiger partial charge in [0.15, 0.2) is 0 Å². The van der Waals surface area contributed by atoms with Crippen LogP contribution in [0.5, 0.6) is 0 Å². The van der Waals surface area contributed by atoms with Gasteiger partial charge >= 0.3 is 0 Å². The lowest BCUT2D eigenvalue weighted by atomic mass is 10.0. The lowest BCUT2D eigenvalue weighted by Crippen LogP contribution is -2.48. The van der Waals surface area contributed by atoms with Crippen molar-refractivity contribution in [2.24, 2.45) is 0 Å². The summed E-state index contributed by atoms with van der Waals surface area (Å²) in [5.41, 5.74) is 2.03. The second kappa shape index (κ2) is 7.67. The second-order valence-corrected chi connectivity index (χ2v) is 6.68. The van der Waals surface area contributed by atoms with Crippen molar-refractivity contribution in [2.75, 3.05) is 19.6 Å². The molecule has 1 aromatic heterocycles. The molecule has 1 atom stereocenters. The van der Waals surface area contributed by atoms with Crippen LogP contribution in [-0.2, 0) is 6.42 Å². The molecule has 1 saturated heterocycles. The summed E-state index contributed by atoms with van der Waals surface area (Å²) in [6, 6.07) is 12.6. The zero-order valence-corrected chi connectivity index (χ0v) is 14.5. The Hall–Kier alpha value is -2.07. The topological polar surface area (TPSA) is 45.5 Å². The number of carbonyl (C=O) groups is 1. The van der Waals surface area contributed by atoms with Crippen LogP contribution in [-0.4, -0.2) is 36.5 Å². The molecule has 0 radical (unpaired) electrons. The summed E-state index contributed by atoms with van der Waals surface area (Å²) in [6.45, 7) is 6.79. The molecule has 4 heteroatoms. The third-order valence-electron chi connectivity index (χ3n) is 4.69. The van der Waals surface area contributed by atoms with Crippen molar-refractivity contribution in [1.82, 2.24) is 10.2 Å². The van der Waals surface area contributed by atoms with Crippen LogP contribution >= 0.6 is 0 Å². The quantitative estimate of drug-likeness (QED) is 0.916. The normalized spacial score (nSPS) is 18.5. The van der Waals surface area contributed by atoms with E-state index in [2.05, 4.69) is 40.5 Å². The summed E-state index contributed by atoms with van der Waals surface area (Å²) >= 11 is 0. The molecule has 4 nitrogen and oxygen atoms in total. The van der Waals surface area contributed by atoms with Crippen molar-refractivity contribution in [3.8, 4) is 0 Å². The third-order valence-corrected chi connectivity index (χ3v) is 4.69. The first-order chi connectivity index (χ1) is 11.6. The van der Waals surface area contributed by atoms with Gasteiger partial charge in [-0.1, -0.05) is 30.3 Å². The number of furan rings is 1. The van der Waals surface area contributed by atoms with Gasteiger partial charge in [0.1, 0.15) is 11.5 Å². The smallest absolute Gasteiger partial charge is 0.255 e. The molecule has 3 rings (SSSR count). The van der Waals surface area contributed by atoms with E-state index in [9.17, 15) is 4.79 Å². The van der Waals surface area contributed by atoms with Crippen LogP contribution in [0.25, 0.3) is 0 Å². The number of rotatable bonds is 5. The van der Waals surface area contributed by atoms with Gasteiger partial charge in [0.25, 0.3) is 5.91 Å². The molecule has 2 aromatic rings. The summed E-state index contributed by atoms with van der Waals surface area (Å²) in [6.07, 6.45) is 3.23. The van der Waals surface area contributed by atoms with E-state index in [1.54, 1.807) is 0 Å². The molecule has 128 valence electrons. The maximum atomic E-state index is 12.4. The first kappa shape index (κ1) is 16.8. The monoisotopic (exact) mass is 326 g/mol. The molecular formula is C20H26N2O2. The number of amides is 1. The lowest BCUT2D eigenvalue weighted by Gasteiger charge is -2.33. The molecule has 0 bridgehead atoms. The number of carbonyl (C=O) groups excluding carboxylic acids is 1. The molecule has 0 saturated carbocycles. The fraction of sp³-hybridized carbons (Fsp3) is 0.450. The lowest BCUT2D eigenvalue weighted by molar-refractivity contribution is 0.0902. The largest absolute Gasteiger partial charge is 0.466 e. The molecule has 1 aliphatic rings. The van der Waals surface area contributed by atoms with Crippen molar-refractivity contribution in [3.05, 3.63) is 59.0 Å². The number of piperidine rings is 1. The highest BCUT2D eigenvalue weighted by Crippen LogP contribution is 2.16. The molecule has 0 spiro atoms. The van der Waals surface area contributed by atoms with E-state index >= 15 is 0 Å². The minimum atomic E-state index is -0.0146. The molecule has 1 aliphatic heterocycles. The molecule has 0 unspecified atom stereocenters. The molecule has 1 amide bonds. The average molecular weight is 326 g/mol. The SMILES string of the molecule is Cc1cc(C(=O)N[C@@H]2CCCN(CCc3ccccc3)C2)c(C)o1. The minimum Gasteiger partial charge on any atom is -0.466 e. The highest BCUT2D eigenvalue weighted by molar-refractivity contribution is 5.95. The van der Waals surface area contributed by atoms with Gasteiger partial charge in [0.05, 0.1) is 5.56 Å². The summed E-state index contributed by atoms with van der Waals surface area (Å²) in [7, 11) is 0. The van der Waals surface area contributed by atoms with Crippen molar-refractivity contribution in [2.45, 2.75) is 39.2 Å². The van der Waals surface area contributed by atoms with Gasteiger partial charge in [0, 0.05) is 19.1 Å². The maximum Gasteiger partial charge on any atom is 0.255 e. The number of nitrogens with zero attached hydrogens (tertiary/aromatic N) is 1. The molecule has 1 N–H and O–H groups in total. The third kappa shape index (κ3) is 4.26.